The van der Waals surface area contributed by atoms with Crippen molar-refractivity contribution in [3.05, 3.63) is 57.8 Å². The van der Waals surface area contributed by atoms with Gasteiger partial charge in [0.2, 0.25) is 0 Å². The molecule has 3 nitrogen and oxygen atoms in total. The molecule has 0 aliphatic rings. The normalized spacial score (nSPS) is 10.7. The van der Waals surface area contributed by atoms with Gasteiger partial charge in [-0.05, 0) is 85.0 Å². The third-order valence-corrected chi connectivity index (χ3v) is 4.06. The van der Waals surface area contributed by atoms with Gasteiger partial charge in [-0.15, -0.1) is 0 Å². The van der Waals surface area contributed by atoms with E-state index in [1.54, 1.807) is 0 Å². The zero-order valence-corrected chi connectivity index (χ0v) is 14.7. The molecule has 3 aromatic rings. The lowest BCUT2D eigenvalue weighted by Crippen LogP contribution is -1.96. The minimum atomic E-state index is 0.657. The maximum atomic E-state index is 5.61. The Morgan fingerprint density at radius 2 is 1.86 bits per heavy atom. The molecule has 0 aliphatic carbocycles. The highest BCUT2D eigenvalue weighted by atomic mass is 127. The number of halogens is 1. The van der Waals surface area contributed by atoms with Crippen LogP contribution in [0.5, 0.6) is 5.75 Å². The van der Waals surface area contributed by atoms with Crippen LogP contribution in [0.25, 0.3) is 10.9 Å². The first kappa shape index (κ1) is 15.1. The van der Waals surface area contributed by atoms with Gasteiger partial charge < -0.3 is 10.1 Å². The summed E-state index contributed by atoms with van der Waals surface area (Å²) < 4.78 is 6.83. The van der Waals surface area contributed by atoms with Gasteiger partial charge >= 0.3 is 0 Å². The molecular formula is C18H17IN2O. The first-order valence-electron chi connectivity index (χ1n) is 7.22. The number of anilines is 2. The number of nitrogens with zero attached hydrogens (tertiary/aromatic N) is 1. The van der Waals surface area contributed by atoms with E-state index in [1.807, 2.05) is 32.0 Å². The topological polar surface area (TPSA) is 34.1 Å². The molecule has 1 aromatic heterocycles. The molecule has 0 saturated heterocycles. The van der Waals surface area contributed by atoms with Gasteiger partial charge in [0.1, 0.15) is 5.75 Å². The summed E-state index contributed by atoms with van der Waals surface area (Å²) in [7, 11) is 0. The van der Waals surface area contributed by atoms with E-state index in [2.05, 4.69) is 63.2 Å². The van der Waals surface area contributed by atoms with Crippen molar-refractivity contribution in [1.29, 1.82) is 0 Å². The molecule has 1 N–H and O–H groups in total. The number of aryl methyl sites for hydroxylation is 1. The molecule has 1 heterocycles. The average Bonchev–Trinajstić information content (AvgIpc) is 2.50. The Labute approximate surface area is 143 Å². The van der Waals surface area contributed by atoms with Crippen LogP contribution < -0.4 is 10.1 Å². The van der Waals surface area contributed by atoms with Crippen molar-refractivity contribution in [1.82, 2.24) is 4.98 Å². The monoisotopic (exact) mass is 404 g/mol. The zero-order chi connectivity index (χ0) is 15.5. The van der Waals surface area contributed by atoms with Gasteiger partial charge in [0.15, 0.2) is 0 Å². The minimum absolute atomic E-state index is 0.657. The molecule has 0 spiro atoms. The van der Waals surface area contributed by atoms with Crippen LogP contribution in [0.3, 0.4) is 0 Å². The summed E-state index contributed by atoms with van der Waals surface area (Å²) in [5.74, 6) is 0.867. The fraction of sp³-hybridized carbons (Fsp3) is 0.167. The summed E-state index contributed by atoms with van der Waals surface area (Å²) in [4.78, 5) is 4.60. The molecule has 2 aromatic carbocycles. The molecule has 0 fully saturated rings. The van der Waals surface area contributed by atoms with Gasteiger partial charge in [-0.3, -0.25) is 4.98 Å². The van der Waals surface area contributed by atoms with E-state index in [-0.39, 0.29) is 0 Å². The standard InChI is InChI=1S/C18H17IN2O/c1-3-22-15-8-9-17-16(11-15)18(10-12(2)20-17)21-14-6-4-13(19)5-7-14/h4-11H,3H2,1-2H3,(H,20,21). The molecule has 0 bridgehead atoms. The number of hydrogen-bond acceptors (Lipinski definition) is 3. The summed E-state index contributed by atoms with van der Waals surface area (Å²) in [6.07, 6.45) is 0. The number of ether oxygens (including phenoxy) is 1. The molecule has 0 atom stereocenters. The Morgan fingerprint density at radius 1 is 1.09 bits per heavy atom. The molecular weight excluding hydrogens is 387 g/mol. The van der Waals surface area contributed by atoms with Crippen LogP contribution in [-0.2, 0) is 0 Å². The average molecular weight is 404 g/mol. The summed E-state index contributed by atoms with van der Waals surface area (Å²) >= 11 is 2.31. The van der Waals surface area contributed by atoms with Crippen LogP contribution >= 0.6 is 22.6 Å². The number of pyridine rings is 1. The first-order valence-corrected chi connectivity index (χ1v) is 8.30. The predicted octanol–water partition coefficient (Wildman–Crippen LogP) is 5.29. The molecule has 22 heavy (non-hydrogen) atoms. The van der Waals surface area contributed by atoms with E-state index < -0.39 is 0 Å². The number of aromatic nitrogens is 1. The van der Waals surface area contributed by atoms with E-state index in [0.29, 0.717) is 6.61 Å². The highest BCUT2D eigenvalue weighted by molar-refractivity contribution is 14.1. The van der Waals surface area contributed by atoms with Gasteiger partial charge in [-0.1, -0.05) is 0 Å². The summed E-state index contributed by atoms with van der Waals surface area (Å²) in [5.41, 5.74) is 4.07. The van der Waals surface area contributed by atoms with Gasteiger partial charge in [0.05, 0.1) is 12.1 Å². The second kappa shape index (κ2) is 6.52. The summed E-state index contributed by atoms with van der Waals surface area (Å²) in [6.45, 7) is 4.65. The lowest BCUT2D eigenvalue weighted by molar-refractivity contribution is 0.340. The highest BCUT2D eigenvalue weighted by Crippen LogP contribution is 2.29. The Morgan fingerprint density at radius 3 is 2.59 bits per heavy atom. The number of benzene rings is 2. The SMILES string of the molecule is CCOc1ccc2nc(C)cc(Nc3ccc(I)cc3)c2c1. The largest absolute Gasteiger partial charge is 0.494 e. The van der Waals surface area contributed by atoms with Crippen LogP contribution in [0.2, 0.25) is 0 Å². The third kappa shape index (κ3) is 3.32. The fourth-order valence-electron chi connectivity index (χ4n) is 2.39. The Bertz CT molecular complexity index is 800. The van der Waals surface area contributed by atoms with E-state index in [4.69, 9.17) is 4.74 Å². The van der Waals surface area contributed by atoms with E-state index >= 15 is 0 Å². The zero-order valence-electron chi connectivity index (χ0n) is 12.6. The molecule has 112 valence electrons. The lowest BCUT2D eigenvalue weighted by Gasteiger charge is -2.12. The number of fused-ring (bicyclic) bond motifs is 1. The second-order valence-corrected chi connectivity index (χ2v) is 6.30. The number of hydrogen-bond donors (Lipinski definition) is 1. The van der Waals surface area contributed by atoms with Crippen molar-refractivity contribution >= 4 is 44.9 Å². The van der Waals surface area contributed by atoms with Gasteiger partial charge in [0.25, 0.3) is 0 Å². The quantitative estimate of drug-likeness (QED) is 0.600. The lowest BCUT2D eigenvalue weighted by atomic mass is 10.1. The van der Waals surface area contributed by atoms with Crippen molar-refractivity contribution in [3.8, 4) is 5.75 Å². The third-order valence-electron chi connectivity index (χ3n) is 3.34. The molecule has 0 radical (unpaired) electrons. The first-order chi connectivity index (χ1) is 10.7. The predicted molar refractivity (Wildman–Crippen MR) is 100 cm³/mol. The van der Waals surface area contributed by atoms with Crippen molar-refractivity contribution in [2.24, 2.45) is 0 Å². The van der Waals surface area contributed by atoms with Crippen molar-refractivity contribution in [2.45, 2.75) is 13.8 Å². The minimum Gasteiger partial charge on any atom is -0.494 e. The number of rotatable bonds is 4. The summed E-state index contributed by atoms with van der Waals surface area (Å²) in [6, 6.07) is 16.4. The smallest absolute Gasteiger partial charge is 0.120 e. The second-order valence-electron chi connectivity index (χ2n) is 5.06. The van der Waals surface area contributed by atoms with E-state index in [0.717, 1.165) is 33.7 Å². The Balaban J connectivity index is 2.05. The van der Waals surface area contributed by atoms with Gasteiger partial charge in [0, 0.05) is 26.0 Å². The maximum Gasteiger partial charge on any atom is 0.120 e. The maximum absolute atomic E-state index is 5.61. The molecule has 0 aliphatic heterocycles. The van der Waals surface area contributed by atoms with Crippen molar-refractivity contribution < 1.29 is 4.74 Å². The Kier molecular flexibility index (Phi) is 4.47. The number of nitrogens with one attached hydrogen (secondary N) is 1. The molecule has 0 unspecified atom stereocenters. The van der Waals surface area contributed by atoms with Crippen molar-refractivity contribution in [3.63, 3.8) is 0 Å². The Hall–Kier alpha value is -1.82. The van der Waals surface area contributed by atoms with Crippen LogP contribution in [0.15, 0.2) is 48.5 Å². The van der Waals surface area contributed by atoms with E-state index in [1.165, 1.54) is 3.57 Å². The highest BCUT2D eigenvalue weighted by Gasteiger charge is 2.06. The summed E-state index contributed by atoms with van der Waals surface area (Å²) in [5, 5.41) is 4.55. The van der Waals surface area contributed by atoms with Crippen molar-refractivity contribution in [2.75, 3.05) is 11.9 Å². The molecule has 4 heteroatoms. The molecule has 3 rings (SSSR count). The van der Waals surface area contributed by atoms with Crippen LogP contribution in [-0.4, -0.2) is 11.6 Å². The molecule has 0 saturated carbocycles. The van der Waals surface area contributed by atoms with Crippen LogP contribution in [0.4, 0.5) is 11.4 Å². The van der Waals surface area contributed by atoms with Gasteiger partial charge in [-0.2, -0.15) is 0 Å². The molecule has 0 amide bonds. The van der Waals surface area contributed by atoms with Gasteiger partial charge in [-0.25, -0.2) is 0 Å². The fourth-order valence-corrected chi connectivity index (χ4v) is 2.75. The van der Waals surface area contributed by atoms with Crippen LogP contribution in [0.1, 0.15) is 12.6 Å². The van der Waals surface area contributed by atoms with Crippen LogP contribution in [0, 0.1) is 10.5 Å². The van der Waals surface area contributed by atoms with E-state index in [9.17, 15) is 0 Å².